The van der Waals surface area contributed by atoms with Crippen molar-refractivity contribution in [3.8, 4) is 0 Å². The average molecular weight is 386 g/mol. The Hall–Kier alpha value is 0.680. The van der Waals surface area contributed by atoms with Gasteiger partial charge in [-0.2, -0.15) is 0 Å². The van der Waals surface area contributed by atoms with Crippen LogP contribution in [0.25, 0.3) is 0 Å². The van der Waals surface area contributed by atoms with Crippen LogP contribution < -0.4 is 0 Å². The van der Waals surface area contributed by atoms with Crippen molar-refractivity contribution in [2.24, 2.45) is 0 Å². The first kappa shape index (κ1) is 10.8. The third-order valence-electron chi connectivity index (χ3n) is 1.73. The molecule has 0 aromatic heterocycles. The van der Waals surface area contributed by atoms with E-state index >= 15 is 0 Å². The topological polar surface area (TPSA) is 0 Å². The molecule has 0 spiro atoms. The second-order valence-electron chi connectivity index (χ2n) is 3.91. The normalized spacial score (nSPS) is 11.8. The molecule has 0 aliphatic carbocycles. The average Bonchev–Trinajstić information content (AvgIpc) is 1.82. The van der Waals surface area contributed by atoms with Crippen LogP contribution in [0.4, 0.5) is 0 Å². The van der Waals surface area contributed by atoms with Gasteiger partial charge in [0.15, 0.2) is 0 Å². The molecule has 0 bridgehead atoms. The van der Waals surface area contributed by atoms with Crippen molar-refractivity contribution in [1.29, 1.82) is 0 Å². The molecule has 0 atom stereocenters. The number of rotatable bonds is 0. The van der Waals surface area contributed by atoms with Crippen molar-refractivity contribution in [1.82, 2.24) is 0 Å². The van der Waals surface area contributed by atoms with Gasteiger partial charge in [0.1, 0.15) is 0 Å². The van der Waals surface area contributed by atoms with Crippen LogP contribution in [0.3, 0.4) is 0 Å². The number of halogens is 2. The molecule has 0 saturated heterocycles. The van der Waals surface area contributed by atoms with E-state index in [-0.39, 0.29) is 5.41 Å². The highest BCUT2D eigenvalue weighted by molar-refractivity contribution is 14.1. The Bertz CT molecular complexity index is 264. The molecule has 0 saturated carbocycles. The summed E-state index contributed by atoms with van der Waals surface area (Å²) in [6.07, 6.45) is 0. The lowest BCUT2D eigenvalue weighted by atomic mass is 9.87. The van der Waals surface area contributed by atoms with Gasteiger partial charge in [0, 0.05) is 7.14 Å². The van der Waals surface area contributed by atoms with Gasteiger partial charge >= 0.3 is 0 Å². The Morgan fingerprint density at radius 1 is 0.917 bits per heavy atom. The van der Waals surface area contributed by atoms with Gasteiger partial charge in [-0.3, -0.25) is 0 Å². The Morgan fingerprint density at radius 3 is 1.67 bits per heavy atom. The van der Waals surface area contributed by atoms with Gasteiger partial charge in [-0.25, -0.2) is 0 Å². The summed E-state index contributed by atoms with van der Waals surface area (Å²) in [7, 11) is 0. The Morgan fingerprint density at radius 2 is 1.33 bits per heavy atom. The number of hydrogen-bond donors (Lipinski definition) is 0. The SMILES string of the molecule is CC(C)(C)c1cc(I)cc(I)c1. The molecule has 1 aromatic rings. The third-order valence-corrected chi connectivity index (χ3v) is 2.97. The molecule has 66 valence electrons. The Labute approximate surface area is 101 Å². The minimum atomic E-state index is 0.265. The van der Waals surface area contributed by atoms with Crippen molar-refractivity contribution >= 4 is 45.2 Å². The molecule has 0 unspecified atom stereocenters. The van der Waals surface area contributed by atoms with E-state index in [1.807, 2.05) is 0 Å². The maximum Gasteiger partial charge on any atom is 0.0143 e. The summed E-state index contributed by atoms with van der Waals surface area (Å²) in [6, 6.07) is 6.70. The van der Waals surface area contributed by atoms with Crippen LogP contribution in [0.5, 0.6) is 0 Å². The highest BCUT2D eigenvalue weighted by atomic mass is 127. The second kappa shape index (κ2) is 3.82. The van der Waals surface area contributed by atoms with Crippen molar-refractivity contribution in [3.05, 3.63) is 30.9 Å². The van der Waals surface area contributed by atoms with E-state index in [0.29, 0.717) is 0 Å². The third kappa shape index (κ3) is 2.87. The van der Waals surface area contributed by atoms with Gasteiger partial charge in [0.2, 0.25) is 0 Å². The first-order chi connectivity index (χ1) is 5.39. The number of benzene rings is 1. The van der Waals surface area contributed by atoms with Gasteiger partial charge in [-0.05, 0) is 74.4 Å². The summed E-state index contributed by atoms with van der Waals surface area (Å²) >= 11 is 4.73. The zero-order valence-corrected chi connectivity index (χ0v) is 11.8. The summed E-state index contributed by atoms with van der Waals surface area (Å²) in [5, 5.41) is 0. The molecule has 0 heterocycles. The lowest BCUT2D eigenvalue weighted by Crippen LogP contribution is -2.11. The van der Waals surface area contributed by atoms with E-state index in [4.69, 9.17) is 0 Å². The molecular weight excluding hydrogens is 374 g/mol. The zero-order chi connectivity index (χ0) is 9.35. The fourth-order valence-corrected chi connectivity index (χ4v) is 2.92. The monoisotopic (exact) mass is 386 g/mol. The summed E-state index contributed by atoms with van der Waals surface area (Å²) in [4.78, 5) is 0. The molecule has 12 heavy (non-hydrogen) atoms. The first-order valence-electron chi connectivity index (χ1n) is 3.86. The van der Waals surface area contributed by atoms with Crippen molar-refractivity contribution in [3.63, 3.8) is 0 Å². The smallest absolute Gasteiger partial charge is 0.0143 e. The van der Waals surface area contributed by atoms with Gasteiger partial charge in [-0.1, -0.05) is 20.8 Å². The molecule has 1 rings (SSSR count). The summed E-state index contributed by atoms with van der Waals surface area (Å²) in [5.74, 6) is 0. The van der Waals surface area contributed by atoms with E-state index in [0.717, 1.165) is 0 Å². The molecule has 1 aromatic carbocycles. The number of hydrogen-bond acceptors (Lipinski definition) is 0. The van der Waals surface area contributed by atoms with Crippen LogP contribution in [0.15, 0.2) is 18.2 Å². The van der Waals surface area contributed by atoms with Crippen LogP contribution >= 0.6 is 45.2 Å². The lowest BCUT2D eigenvalue weighted by Gasteiger charge is -2.19. The van der Waals surface area contributed by atoms with Crippen LogP contribution in [0.1, 0.15) is 26.3 Å². The van der Waals surface area contributed by atoms with E-state index in [1.165, 1.54) is 12.7 Å². The van der Waals surface area contributed by atoms with Gasteiger partial charge in [0.25, 0.3) is 0 Å². The standard InChI is InChI=1S/C10H12I2/c1-10(2,3)7-4-8(11)6-9(12)5-7/h4-6H,1-3H3. The van der Waals surface area contributed by atoms with Crippen LogP contribution in [-0.2, 0) is 5.41 Å². The van der Waals surface area contributed by atoms with Gasteiger partial charge in [-0.15, -0.1) is 0 Å². The summed E-state index contributed by atoms with van der Waals surface area (Å²) < 4.78 is 2.65. The van der Waals surface area contributed by atoms with E-state index < -0.39 is 0 Å². The maximum absolute atomic E-state index is 2.37. The van der Waals surface area contributed by atoms with Crippen molar-refractivity contribution in [2.45, 2.75) is 26.2 Å². The Balaban J connectivity index is 3.18. The highest BCUT2D eigenvalue weighted by Crippen LogP contribution is 2.25. The predicted molar refractivity (Wildman–Crippen MR) is 70.6 cm³/mol. The molecular formula is C10H12I2. The van der Waals surface area contributed by atoms with Crippen LogP contribution in [0, 0.1) is 7.14 Å². The minimum absolute atomic E-state index is 0.265. The van der Waals surface area contributed by atoms with E-state index in [1.54, 1.807) is 0 Å². The van der Waals surface area contributed by atoms with Gasteiger partial charge in [0.05, 0.1) is 0 Å². The molecule has 0 radical (unpaired) electrons. The summed E-state index contributed by atoms with van der Waals surface area (Å²) in [5.41, 5.74) is 1.68. The molecule has 0 amide bonds. The van der Waals surface area contributed by atoms with Crippen LogP contribution in [0.2, 0.25) is 0 Å². The van der Waals surface area contributed by atoms with E-state index in [9.17, 15) is 0 Å². The maximum atomic E-state index is 2.37. The summed E-state index contributed by atoms with van der Waals surface area (Å²) in [6.45, 7) is 6.73. The molecule has 2 heteroatoms. The Kier molecular flexibility index (Phi) is 3.42. The highest BCUT2D eigenvalue weighted by Gasteiger charge is 2.14. The first-order valence-corrected chi connectivity index (χ1v) is 6.02. The largest absolute Gasteiger partial charge is 0.0561 e. The minimum Gasteiger partial charge on any atom is -0.0561 e. The molecule has 0 fully saturated rings. The lowest BCUT2D eigenvalue weighted by molar-refractivity contribution is 0.589. The van der Waals surface area contributed by atoms with E-state index in [2.05, 4.69) is 84.2 Å². The van der Waals surface area contributed by atoms with Gasteiger partial charge < -0.3 is 0 Å². The van der Waals surface area contributed by atoms with Crippen LogP contribution in [-0.4, -0.2) is 0 Å². The molecule has 0 aliphatic rings. The molecule has 0 aliphatic heterocycles. The fourth-order valence-electron chi connectivity index (χ4n) is 0.987. The fraction of sp³-hybridized carbons (Fsp3) is 0.400. The van der Waals surface area contributed by atoms with Crippen molar-refractivity contribution in [2.75, 3.05) is 0 Å². The second-order valence-corrected chi connectivity index (χ2v) is 6.40. The molecule has 0 nitrogen and oxygen atoms in total. The quantitative estimate of drug-likeness (QED) is 0.587. The predicted octanol–water partition coefficient (Wildman–Crippen LogP) is 4.19. The zero-order valence-electron chi connectivity index (χ0n) is 7.49. The van der Waals surface area contributed by atoms with Crippen molar-refractivity contribution < 1.29 is 0 Å². The molecule has 0 N–H and O–H groups in total.